The van der Waals surface area contributed by atoms with Gasteiger partial charge in [-0.2, -0.15) is 5.10 Å². The van der Waals surface area contributed by atoms with Crippen LogP contribution in [0.1, 0.15) is 11.1 Å². The molecule has 1 heterocycles. The molecule has 0 aliphatic heterocycles. The normalized spacial score (nSPS) is 11.2. The highest BCUT2D eigenvalue weighted by molar-refractivity contribution is 8.03. The van der Waals surface area contributed by atoms with Crippen molar-refractivity contribution in [1.29, 1.82) is 0 Å². The summed E-state index contributed by atoms with van der Waals surface area (Å²) in [5, 5.41) is 25.4. The number of amides is 1. The number of nitrogens with zero attached hydrogens (tertiary/aromatic N) is 4. The van der Waals surface area contributed by atoms with Crippen LogP contribution in [-0.4, -0.2) is 33.0 Å². The van der Waals surface area contributed by atoms with Crippen LogP contribution in [-0.2, 0) is 10.5 Å². The standard InChI is InChI=1S/C22H17N5O3S3/c28-20(24-23-12-15-5-3-9-18(11-15)27(29)30)14-32-22-26-25-21(33-22)31-13-17-8-4-7-16-6-1-2-10-19(16)17/h1-12H,13-14H2,(H,24,28)/b23-12-. The van der Waals surface area contributed by atoms with Gasteiger partial charge in [-0.3, -0.25) is 14.9 Å². The Bertz CT molecular complexity index is 1320. The topological polar surface area (TPSA) is 110 Å². The molecule has 0 saturated carbocycles. The molecule has 0 aliphatic rings. The molecule has 1 aromatic heterocycles. The van der Waals surface area contributed by atoms with Crippen LogP contribution in [0.5, 0.6) is 0 Å². The molecule has 0 atom stereocenters. The number of nitro groups is 1. The fraction of sp³-hybridized carbons (Fsp3) is 0.0909. The van der Waals surface area contributed by atoms with Gasteiger partial charge < -0.3 is 0 Å². The SMILES string of the molecule is O=C(CSc1nnc(SCc2cccc3ccccc23)s1)N/N=C\c1cccc([N+](=O)[O-])c1. The highest BCUT2D eigenvalue weighted by Crippen LogP contribution is 2.32. The maximum Gasteiger partial charge on any atom is 0.270 e. The Balaban J connectivity index is 1.25. The van der Waals surface area contributed by atoms with Crippen molar-refractivity contribution in [1.82, 2.24) is 15.6 Å². The molecule has 0 spiro atoms. The first kappa shape index (κ1) is 22.9. The fourth-order valence-corrected chi connectivity index (χ4v) is 5.75. The summed E-state index contributed by atoms with van der Waals surface area (Å²) >= 11 is 4.35. The third-order valence-corrected chi connectivity index (χ3v) is 7.67. The number of hydrazone groups is 1. The highest BCUT2D eigenvalue weighted by atomic mass is 32.2. The van der Waals surface area contributed by atoms with Crippen LogP contribution >= 0.6 is 34.9 Å². The van der Waals surface area contributed by atoms with Gasteiger partial charge in [0.15, 0.2) is 8.68 Å². The molecule has 0 radical (unpaired) electrons. The molecule has 1 N–H and O–H groups in total. The van der Waals surface area contributed by atoms with E-state index in [-0.39, 0.29) is 17.3 Å². The van der Waals surface area contributed by atoms with Crippen molar-refractivity contribution in [3.63, 3.8) is 0 Å². The van der Waals surface area contributed by atoms with Crippen molar-refractivity contribution in [2.75, 3.05) is 5.75 Å². The molecular weight excluding hydrogens is 478 g/mol. The molecule has 166 valence electrons. The Morgan fingerprint density at radius 3 is 2.67 bits per heavy atom. The van der Waals surface area contributed by atoms with Crippen LogP contribution < -0.4 is 5.43 Å². The van der Waals surface area contributed by atoms with Crippen LogP contribution in [0, 0.1) is 10.1 Å². The molecule has 0 saturated heterocycles. The summed E-state index contributed by atoms with van der Waals surface area (Å²) in [6.07, 6.45) is 1.36. The van der Waals surface area contributed by atoms with E-state index in [0.717, 1.165) is 10.1 Å². The second-order valence-electron chi connectivity index (χ2n) is 6.69. The summed E-state index contributed by atoms with van der Waals surface area (Å²) in [7, 11) is 0. The molecular formula is C22H17N5O3S3. The van der Waals surface area contributed by atoms with Crippen LogP contribution in [0.25, 0.3) is 10.8 Å². The number of hydrogen-bond donors (Lipinski definition) is 1. The number of aromatic nitrogens is 2. The lowest BCUT2D eigenvalue weighted by Gasteiger charge is -2.04. The van der Waals surface area contributed by atoms with E-state index in [9.17, 15) is 14.9 Å². The summed E-state index contributed by atoms with van der Waals surface area (Å²) < 4.78 is 1.54. The average Bonchev–Trinajstić information content (AvgIpc) is 3.29. The molecule has 8 nitrogen and oxygen atoms in total. The lowest BCUT2D eigenvalue weighted by molar-refractivity contribution is -0.384. The van der Waals surface area contributed by atoms with Crippen LogP contribution in [0.2, 0.25) is 0 Å². The van der Waals surface area contributed by atoms with Gasteiger partial charge in [-0.05, 0) is 16.3 Å². The van der Waals surface area contributed by atoms with E-state index in [1.807, 2.05) is 12.1 Å². The first-order valence-corrected chi connectivity index (χ1v) is 12.5. The van der Waals surface area contributed by atoms with E-state index in [2.05, 4.69) is 51.1 Å². The molecule has 0 aliphatic carbocycles. The Morgan fingerprint density at radius 1 is 1.06 bits per heavy atom. The van der Waals surface area contributed by atoms with Gasteiger partial charge >= 0.3 is 0 Å². The predicted octanol–water partition coefficient (Wildman–Crippen LogP) is 5.13. The Labute approximate surface area is 201 Å². The lowest BCUT2D eigenvalue weighted by atomic mass is 10.1. The molecule has 3 aromatic carbocycles. The van der Waals surface area contributed by atoms with E-state index in [1.165, 1.54) is 57.8 Å². The minimum Gasteiger partial charge on any atom is -0.272 e. The quantitative estimate of drug-likeness (QED) is 0.148. The van der Waals surface area contributed by atoms with Crippen molar-refractivity contribution in [2.24, 2.45) is 5.10 Å². The third-order valence-electron chi connectivity index (χ3n) is 4.43. The van der Waals surface area contributed by atoms with Crippen LogP contribution in [0.4, 0.5) is 5.69 Å². The number of hydrogen-bond acceptors (Lipinski definition) is 9. The average molecular weight is 496 g/mol. The minimum atomic E-state index is -0.483. The molecule has 11 heteroatoms. The van der Waals surface area contributed by atoms with Crippen LogP contribution in [0.15, 0.2) is 80.5 Å². The number of nitro benzene ring substituents is 1. The molecule has 4 aromatic rings. The highest BCUT2D eigenvalue weighted by Gasteiger charge is 2.10. The number of rotatable bonds is 9. The summed E-state index contributed by atoms with van der Waals surface area (Å²) in [6.45, 7) is 0. The molecule has 0 fully saturated rings. The van der Waals surface area contributed by atoms with Gasteiger partial charge in [-0.25, -0.2) is 5.43 Å². The van der Waals surface area contributed by atoms with Gasteiger partial charge in [0, 0.05) is 23.4 Å². The third kappa shape index (κ3) is 6.37. The monoisotopic (exact) mass is 495 g/mol. The smallest absolute Gasteiger partial charge is 0.270 e. The summed E-state index contributed by atoms with van der Waals surface area (Å²) in [5.41, 5.74) is 4.14. The maximum atomic E-state index is 12.0. The first-order chi connectivity index (χ1) is 16.1. The van der Waals surface area contributed by atoms with Gasteiger partial charge in [-0.1, -0.05) is 89.5 Å². The maximum absolute atomic E-state index is 12.0. The summed E-state index contributed by atoms with van der Waals surface area (Å²) in [4.78, 5) is 22.3. The van der Waals surface area contributed by atoms with Gasteiger partial charge in [0.25, 0.3) is 11.6 Å². The zero-order chi connectivity index (χ0) is 23.0. The minimum absolute atomic E-state index is 0.0359. The number of nitrogens with one attached hydrogen (secondary N) is 1. The zero-order valence-electron chi connectivity index (χ0n) is 17.1. The summed E-state index contributed by atoms with van der Waals surface area (Å²) in [5.74, 6) is 0.615. The number of benzene rings is 3. The van der Waals surface area contributed by atoms with E-state index < -0.39 is 4.92 Å². The van der Waals surface area contributed by atoms with E-state index in [0.29, 0.717) is 9.90 Å². The number of carbonyl (C=O) groups excluding carboxylic acids is 1. The molecule has 4 rings (SSSR count). The second kappa shape index (κ2) is 11.0. The first-order valence-electron chi connectivity index (χ1n) is 9.70. The van der Waals surface area contributed by atoms with Crippen LogP contribution in [0.3, 0.4) is 0 Å². The van der Waals surface area contributed by atoms with E-state index in [4.69, 9.17) is 0 Å². The molecule has 0 unspecified atom stereocenters. The van der Waals surface area contributed by atoms with Gasteiger partial charge in [0.2, 0.25) is 0 Å². The lowest BCUT2D eigenvalue weighted by Crippen LogP contribution is -2.19. The van der Waals surface area contributed by atoms with Crippen molar-refractivity contribution in [3.05, 3.63) is 88.0 Å². The Hall–Kier alpha value is -3.28. The van der Waals surface area contributed by atoms with E-state index in [1.54, 1.807) is 23.9 Å². The number of non-ortho nitro benzene ring substituents is 1. The molecule has 33 heavy (non-hydrogen) atoms. The zero-order valence-corrected chi connectivity index (χ0v) is 19.5. The van der Waals surface area contributed by atoms with Gasteiger partial charge in [0.05, 0.1) is 16.9 Å². The van der Waals surface area contributed by atoms with Crippen molar-refractivity contribution >= 4 is 63.4 Å². The molecule has 0 bridgehead atoms. The number of fused-ring (bicyclic) bond motifs is 1. The molecule has 1 amide bonds. The fourth-order valence-electron chi connectivity index (χ4n) is 2.93. The summed E-state index contributed by atoms with van der Waals surface area (Å²) in [6, 6.07) is 20.5. The second-order valence-corrected chi connectivity index (χ2v) is 10.1. The van der Waals surface area contributed by atoms with Gasteiger partial charge in [-0.15, -0.1) is 10.2 Å². The largest absolute Gasteiger partial charge is 0.272 e. The van der Waals surface area contributed by atoms with E-state index >= 15 is 0 Å². The predicted molar refractivity (Wildman–Crippen MR) is 133 cm³/mol. The number of thioether (sulfide) groups is 2. The number of carbonyl (C=O) groups is 1. The van der Waals surface area contributed by atoms with Crippen molar-refractivity contribution in [2.45, 2.75) is 14.4 Å². The Kier molecular flexibility index (Phi) is 7.66. The Morgan fingerprint density at radius 2 is 1.82 bits per heavy atom. The van der Waals surface area contributed by atoms with Gasteiger partial charge in [0.1, 0.15) is 0 Å². The van der Waals surface area contributed by atoms with Crippen molar-refractivity contribution < 1.29 is 9.72 Å². The van der Waals surface area contributed by atoms with Crippen molar-refractivity contribution in [3.8, 4) is 0 Å².